The summed E-state index contributed by atoms with van der Waals surface area (Å²) in [6.07, 6.45) is 1.48. The lowest BCUT2D eigenvalue weighted by Gasteiger charge is -2.32. The Morgan fingerprint density at radius 2 is 1.83 bits per heavy atom. The Hall–Kier alpha value is -1.30. The predicted octanol–water partition coefficient (Wildman–Crippen LogP) is 1.92. The van der Waals surface area contributed by atoms with Gasteiger partial charge < -0.3 is 15.1 Å². The molecular formula is C17H21Cl2N3O2. The number of hydrogen-bond donors (Lipinski definition) is 1. The van der Waals surface area contributed by atoms with Gasteiger partial charge in [0.15, 0.2) is 0 Å². The third-order valence-corrected chi connectivity index (χ3v) is 5.44. The highest BCUT2D eigenvalue weighted by atomic mass is 35.5. The van der Waals surface area contributed by atoms with Crippen molar-refractivity contribution in [3.05, 3.63) is 33.8 Å². The van der Waals surface area contributed by atoms with Crippen molar-refractivity contribution in [2.75, 3.05) is 39.8 Å². The zero-order valence-corrected chi connectivity index (χ0v) is 15.2. The van der Waals surface area contributed by atoms with Crippen LogP contribution in [0.2, 0.25) is 10.0 Å². The van der Waals surface area contributed by atoms with Gasteiger partial charge in [0.1, 0.15) is 0 Å². The second-order valence-electron chi connectivity index (χ2n) is 6.57. The van der Waals surface area contributed by atoms with Gasteiger partial charge in [-0.2, -0.15) is 0 Å². The Kier molecular flexibility index (Phi) is 5.04. The molecule has 1 aromatic rings. The standard InChI is InChI=1S/C17H21Cl2N3O2/c1-21-6-8-22(9-7-21)15(23)11-20-16(24)17(4-5-17)13-3-2-12(18)10-14(13)19/h2-3,10H,4-9,11H2,1H3,(H,20,24). The molecule has 1 heterocycles. The highest BCUT2D eigenvalue weighted by Gasteiger charge is 2.52. The van der Waals surface area contributed by atoms with E-state index in [9.17, 15) is 9.59 Å². The van der Waals surface area contributed by atoms with Crippen LogP contribution in [0, 0.1) is 0 Å². The van der Waals surface area contributed by atoms with Crippen molar-refractivity contribution in [1.29, 1.82) is 0 Å². The Morgan fingerprint density at radius 1 is 1.17 bits per heavy atom. The topological polar surface area (TPSA) is 52.6 Å². The van der Waals surface area contributed by atoms with Gasteiger partial charge in [0.2, 0.25) is 11.8 Å². The van der Waals surface area contributed by atoms with Gasteiger partial charge in [-0.25, -0.2) is 0 Å². The third kappa shape index (κ3) is 3.53. The maximum absolute atomic E-state index is 12.6. The molecule has 1 aromatic carbocycles. The van der Waals surface area contributed by atoms with Gasteiger partial charge in [-0.3, -0.25) is 9.59 Å². The van der Waals surface area contributed by atoms with E-state index in [0.29, 0.717) is 23.1 Å². The first-order valence-electron chi connectivity index (χ1n) is 8.12. The molecule has 0 aromatic heterocycles. The minimum absolute atomic E-state index is 0.0329. The maximum Gasteiger partial charge on any atom is 0.242 e. The Balaban J connectivity index is 1.59. The zero-order valence-electron chi connectivity index (χ0n) is 13.6. The van der Waals surface area contributed by atoms with E-state index in [4.69, 9.17) is 23.2 Å². The van der Waals surface area contributed by atoms with E-state index in [-0.39, 0.29) is 18.4 Å². The number of carbonyl (C=O) groups excluding carboxylic acids is 2. The molecule has 24 heavy (non-hydrogen) atoms. The molecule has 2 aliphatic rings. The molecule has 130 valence electrons. The summed E-state index contributed by atoms with van der Waals surface area (Å²) in [5.41, 5.74) is 0.183. The van der Waals surface area contributed by atoms with Crippen LogP contribution in [0.4, 0.5) is 0 Å². The van der Waals surface area contributed by atoms with Gasteiger partial charge in [0.05, 0.1) is 12.0 Å². The van der Waals surface area contributed by atoms with Crippen LogP contribution in [-0.2, 0) is 15.0 Å². The second-order valence-corrected chi connectivity index (χ2v) is 7.42. The van der Waals surface area contributed by atoms with Gasteiger partial charge in [-0.1, -0.05) is 29.3 Å². The summed E-state index contributed by atoms with van der Waals surface area (Å²) in [5, 5.41) is 3.85. The zero-order chi connectivity index (χ0) is 17.3. The molecule has 0 spiro atoms. The lowest BCUT2D eigenvalue weighted by molar-refractivity contribution is -0.134. The Labute approximate surface area is 151 Å². The summed E-state index contributed by atoms with van der Waals surface area (Å²) in [6.45, 7) is 3.18. The van der Waals surface area contributed by atoms with Gasteiger partial charge in [-0.05, 0) is 37.6 Å². The number of nitrogens with one attached hydrogen (secondary N) is 1. The molecule has 2 fully saturated rings. The fourth-order valence-corrected chi connectivity index (χ4v) is 3.70. The van der Waals surface area contributed by atoms with Crippen LogP contribution in [0.3, 0.4) is 0 Å². The normalized spacial score (nSPS) is 19.9. The van der Waals surface area contributed by atoms with E-state index in [0.717, 1.165) is 31.5 Å². The second kappa shape index (κ2) is 6.90. The van der Waals surface area contributed by atoms with Crippen molar-refractivity contribution < 1.29 is 9.59 Å². The van der Waals surface area contributed by atoms with Crippen molar-refractivity contribution >= 4 is 35.0 Å². The van der Waals surface area contributed by atoms with Gasteiger partial charge in [0, 0.05) is 36.2 Å². The smallest absolute Gasteiger partial charge is 0.242 e. The molecule has 0 bridgehead atoms. The lowest BCUT2D eigenvalue weighted by Crippen LogP contribution is -2.50. The molecule has 5 nitrogen and oxygen atoms in total. The van der Waals surface area contributed by atoms with E-state index in [1.165, 1.54) is 0 Å². The van der Waals surface area contributed by atoms with Crippen LogP contribution >= 0.6 is 23.2 Å². The monoisotopic (exact) mass is 369 g/mol. The van der Waals surface area contributed by atoms with Crippen LogP contribution in [0.15, 0.2) is 18.2 Å². The van der Waals surface area contributed by atoms with E-state index >= 15 is 0 Å². The third-order valence-electron chi connectivity index (χ3n) is 4.89. The number of hydrogen-bond acceptors (Lipinski definition) is 3. The van der Waals surface area contributed by atoms with Crippen LogP contribution in [0.5, 0.6) is 0 Å². The summed E-state index contributed by atoms with van der Waals surface area (Å²) in [6, 6.07) is 5.20. The number of rotatable bonds is 4. The number of likely N-dealkylation sites (N-methyl/N-ethyl adjacent to an activating group) is 1. The number of carbonyl (C=O) groups is 2. The molecule has 1 aliphatic heterocycles. The minimum Gasteiger partial charge on any atom is -0.346 e. The highest BCUT2D eigenvalue weighted by Crippen LogP contribution is 2.51. The van der Waals surface area contributed by atoms with E-state index in [1.807, 2.05) is 7.05 Å². The van der Waals surface area contributed by atoms with Gasteiger partial charge in [-0.15, -0.1) is 0 Å². The molecule has 0 atom stereocenters. The molecule has 2 amide bonds. The summed E-state index contributed by atoms with van der Waals surface area (Å²) >= 11 is 12.2. The van der Waals surface area contributed by atoms with Crippen molar-refractivity contribution in [1.82, 2.24) is 15.1 Å². The van der Waals surface area contributed by atoms with Crippen LogP contribution in [0.1, 0.15) is 18.4 Å². The predicted molar refractivity (Wildman–Crippen MR) is 94.5 cm³/mol. The minimum atomic E-state index is -0.607. The number of halogens is 2. The van der Waals surface area contributed by atoms with Crippen LogP contribution < -0.4 is 5.32 Å². The SMILES string of the molecule is CN1CCN(C(=O)CNC(=O)C2(c3ccc(Cl)cc3Cl)CC2)CC1. The average Bonchev–Trinajstić information content (AvgIpc) is 3.34. The number of amides is 2. The molecule has 1 saturated carbocycles. The fourth-order valence-electron chi connectivity index (χ4n) is 3.11. The largest absolute Gasteiger partial charge is 0.346 e. The number of benzene rings is 1. The number of nitrogens with zero attached hydrogens (tertiary/aromatic N) is 2. The van der Waals surface area contributed by atoms with E-state index in [1.54, 1.807) is 23.1 Å². The van der Waals surface area contributed by atoms with Crippen molar-refractivity contribution in [2.24, 2.45) is 0 Å². The number of piperazine rings is 1. The van der Waals surface area contributed by atoms with Gasteiger partial charge >= 0.3 is 0 Å². The molecule has 1 saturated heterocycles. The summed E-state index contributed by atoms with van der Waals surface area (Å²) in [4.78, 5) is 28.9. The molecule has 1 N–H and O–H groups in total. The molecule has 7 heteroatoms. The first-order chi connectivity index (χ1) is 11.4. The Morgan fingerprint density at radius 3 is 2.42 bits per heavy atom. The summed E-state index contributed by atoms with van der Waals surface area (Å²) in [7, 11) is 2.04. The molecular weight excluding hydrogens is 349 g/mol. The van der Waals surface area contributed by atoms with Gasteiger partial charge in [0.25, 0.3) is 0 Å². The summed E-state index contributed by atoms with van der Waals surface area (Å²) in [5.74, 6) is -0.163. The van der Waals surface area contributed by atoms with Crippen LogP contribution in [-0.4, -0.2) is 61.4 Å². The quantitative estimate of drug-likeness (QED) is 0.881. The first-order valence-corrected chi connectivity index (χ1v) is 8.88. The molecule has 0 radical (unpaired) electrons. The highest BCUT2D eigenvalue weighted by molar-refractivity contribution is 6.35. The Bertz CT molecular complexity index is 653. The van der Waals surface area contributed by atoms with Crippen molar-refractivity contribution in [3.8, 4) is 0 Å². The molecule has 1 aliphatic carbocycles. The van der Waals surface area contributed by atoms with Crippen molar-refractivity contribution in [3.63, 3.8) is 0 Å². The molecule has 0 unspecified atom stereocenters. The fraction of sp³-hybridized carbons (Fsp3) is 0.529. The average molecular weight is 370 g/mol. The van der Waals surface area contributed by atoms with E-state index < -0.39 is 5.41 Å². The molecule has 3 rings (SSSR count). The van der Waals surface area contributed by atoms with Crippen LogP contribution in [0.25, 0.3) is 0 Å². The summed E-state index contributed by atoms with van der Waals surface area (Å²) < 4.78 is 0. The van der Waals surface area contributed by atoms with E-state index in [2.05, 4.69) is 10.2 Å². The van der Waals surface area contributed by atoms with Crippen molar-refractivity contribution in [2.45, 2.75) is 18.3 Å². The first kappa shape index (κ1) is 17.5. The maximum atomic E-state index is 12.6. The lowest BCUT2D eigenvalue weighted by atomic mass is 9.95.